The predicted octanol–water partition coefficient (Wildman–Crippen LogP) is 3.16. The van der Waals surface area contributed by atoms with Crippen molar-refractivity contribution in [3.05, 3.63) is 57.6 Å². The summed E-state index contributed by atoms with van der Waals surface area (Å²) in [4.78, 5) is 24.6. The average molecular weight is 324 g/mol. The molecule has 122 valence electrons. The van der Waals surface area contributed by atoms with Crippen LogP contribution >= 0.6 is 0 Å². The molecule has 6 nitrogen and oxygen atoms in total. The Morgan fingerprint density at radius 3 is 3.04 bits per heavy atom. The fourth-order valence-electron chi connectivity index (χ4n) is 3.07. The topological polar surface area (TPSA) is 85.3 Å². The van der Waals surface area contributed by atoms with Crippen LogP contribution in [0.15, 0.2) is 44.1 Å². The van der Waals surface area contributed by atoms with Crippen LogP contribution in [0.2, 0.25) is 0 Å². The first kappa shape index (κ1) is 14.7. The molecule has 0 fully saturated rings. The Bertz CT molecular complexity index is 986. The van der Waals surface area contributed by atoms with Crippen molar-refractivity contribution in [3.8, 4) is 0 Å². The van der Waals surface area contributed by atoms with Crippen LogP contribution in [-0.2, 0) is 12.8 Å². The predicted molar refractivity (Wildman–Crippen MR) is 88.1 cm³/mol. The zero-order valence-corrected chi connectivity index (χ0v) is 13.2. The molecule has 1 N–H and O–H groups in total. The molecule has 0 spiro atoms. The molecule has 1 aromatic carbocycles. The maximum absolute atomic E-state index is 12.5. The minimum Gasteiger partial charge on any atom is -0.422 e. The van der Waals surface area contributed by atoms with Crippen LogP contribution in [0.4, 0.5) is 5.88 Å². The van der Waals surface area contributed by atoms with Crippen molar-refractivity contribution >= 4 is 22.8 Å². The lowest BCUT2D eigenvalue weighted by Crippen LogP contribution is -2.21. The number of anilines is 1. The summed E-state index contributed by atoms with van der Waals surface area (Å²) in [5.41, 5.74) is 1.53. The van der Waals surface area contributed by atoms with Crippen LogP contribution in [-0.4, -0.2) is 11.1 Å². The first-order chi connectivity index (χ1) is 11.6. The molecule has 0 unspecified atom stereocenters. The fourth-order valence-corrected chi connectivity index (χ4v) is 3.07. The van der Waals surface area contributed by atoms with Gasteiger partial charge in [0.1, 0.15) is 11.1 Å². The van der Waals surface area contributed by atoms with Gasteiger partial charge in [-0.15, -0.1) is 0 Å². The third-order valence-electron chi connectivity index (χ3n) is 4.41. The van der Waals surface area contributed by atoms with E-state index in [1.807, 2.05) is 6.07 Å². The van der Waals surface area contributed by atoms with E-state index in [4.69, 9.17) is 8.94 Å². The zero-order valence-electron chi connectivity index (χ0n) is 13.2. The van der Waals surface area contributed by atoms with Gasteiger partial charge in [-0.3, -0.25) is 10.1 Å². The van der Waals surface area contributed by atoms with Crippen LogP contribution in [0.25, 0.3) is 11.0 Å². The largest absolute Gasteiger partial charge is 0.422 e. The Morgan fingerprint density at radius 1 is 1.33 bits per heavy atom. The first-order valence-electron chi connectivity index (χ1n) is 7.93. The Labute approximate surface area is 137 Å². The number of aryl methyl sites for hydroxylation is 1. The Morgan fingerprint density at radius 2 is 2.17 bits per heavy atom. The summed E-state index contributed by atoms with van der Waals surface area (Å²) >= 11 is 0. The summed E-state index contributed by atoms with van der Waals surface area (Å²) in [5.74, 6) is 0.291. The maximum Gasteiger partial charge on any atom is 0.349 e. The Hall–Kier alpha value is -2.89. The number of nitrogens with zero attached hydrogens (tertiary/aromatic N) is 1. The van der Waals surface area contributed by atoms with Gasteiger partial charge in [0.2, 0.25) is 5.88 Å². The second-order valence-corrected chi connectivity index (χ2v) is 6.22. The summed E-state index contributed by atoms with van der Waals surface area (Å²) in [6, 6.07) is 8.59. The van der Waals surface area contributed by atoms with Gasteiger partial charge < -0.3 is 8.94 Å². The number of benzene rings is 1. The van der Waals surface area contributed by atoms with E-state index in [1.54, 1.807) is 18.2 Å². The fraction of sp³-hybridized carbons (Fsp3) is 0.278. The number of carbonyl (C=O) groups excluding carboxylic acids is 1. The highest BCUT2D eigenvalue weighted by atomic mass is 16.5. The van der Waals surface area contributed by atoms with Crippen molar-refractivity contribution in [3.63, 3.8) is 0 Å². The van der Waals surface area contributed by atoms with Crippen LogP contribution < -0.4 is 10.9 Å². The molecule has 24 heavy (non-hydrogen) atoms. The van der Waals surface area contributed by atoms with E-state index in [2.05, 4.69) is 17.4 Å². The molecule has 2 heterocycles. The van der Waals surface area contributed by atoms with Gasteiger partial charge in [0, 0.05) is 10.9 Å². The van der Waals surface area contributed by atoms with Crippen molar-refractivity contribution in [1.82, 2.24) is 5.16 Å². The van der Waals surface area contributed by atoms with Crippen LogP contribution in [0.3, 0.4) is 0 Å². The van der Waals surface area contributed by atoms with Crippen molar-refractivity contribution in [2.45, 2.75) is 26.2 Å². The van der Waals surface area contributed by atoms with E-state index in [1.165, 1.54) is 6.07 Å². The van der Waals surface area contributed by atoms with Gasteiger partial charge in [-0.2, -0.15) is 0 Å². The number of carbonyl (C=O) groups is 1. The third kappa shape index (κ3) is 2.50. The van der Waals surface area contributed by atoms with Gasteiger partial charge in [0.15, 0.2) is 0 Å². The monoisotopic (exact) mass is 324 g/mol. The molecule has 0 saturated carbocycles. The minimum absolute atomic E-state index is 0.0530. The number of hydrogen-bond acceptors (Lipinski definition) is 5. The molecule has 3 aromatic rings. The molecule has 1 aliphatic carbocycles. The third-order valence-corrected chi connectivity index (χ3v) is 4.41. The van der Waals surface area contributed by atoms with E-state index >= 15 is 0 Å². The summed E-state index contributed by atoms with van der Waals surface area (Å²) in [6.45, 7) is 2.15. The number of aromatic nitrogens is 1. The molecule has 6 heteroatoms. The molecule has 1 aliphatic rings. The summed E-state index contributed by atoms with van der Waals surface area (Å²) in [5, 5.41) is 7.37. The first-order valence-corrected chi connectivity index (χ1v) is 7.93. The van der Waals surface area contributed by atoms with E-state index < -0.39 is 11.5 Å². The van der Waals surface area contributed by atoms with E-state index in [9.17, 15) is 9.59 Å². The van der Waals surface area contributed by atoms with Gasteiger partial charge >= 0.3 is 5.63 Å². The highest BCUT2D eigenvalue weighted by molar-refractivity contribution is 6.05. The maximum atomic E-state index is 12.5. The van der Waals surface area contributed by atoms with Crippen molar-refractivity contribution in [2.75, 3.05) is 5.32 Å². The SMILES string of the molecule is C[C@@H]1CCc2noc(NC(=O)c3cc4ccccc4oc3=O)c2C1. The molecule has 0 aliphatic heterocycles. The molecule has 2 aromatic heterocycles. The molecule has 0 radical (unpaired) electrons. The van der Waals surface area contributed by atoms with Crippen LogP contribution in [0.1, 0.15) is 35.0 Å². The Kier molecular flexibility index (Phi) is 3.45. The molecule has 0 bridgehead atoms. The highest BCUT2D eigenvalue weighted by Gasteiger charge is 2.25. The molecule has 1 atom stereocenters. The zero-order chi connectivity index (χ0) is 16.7. The molecular weight excluding hydrogens is 308 g/mol. The van der Waals surface area contributed by atoms with Crippen LogP contribution in [0.5, 0.6) is 0 Å². The Balaban J connectivity index is 1.67. The smallest absolute Gasteiger partial charge is 0.349 e. The number of rotatable bonds is 2. The number of para-hydroxylation sites is 1. The van der Waals surface area contributed by atoms with Gasteiger partial charge in [-0.1, -0.05) is 30.3 Å². The molecule has 4 rings (SSSR count). The van der Waals surface area contributed by atoms with E-state index in [-0.39, 0.29) is 5.56 Å². The van der Waals surface area contributed by atoms with Crippen molar-refractivity contribution in [1.29, 1.82) is 0 Å². The average Bonchev–Trinajstić information content (AvgIpc) is 2.96. The van der Waals surface area contributed by atoms with E-state index in [0.29, 0.717) is 22.8 Å². The second-order valence-electron chi connectivity index (χ2n) is 6.22. The van der Waals surface area contributed by atoms with Gasteiger partial charge in [0.25, 0.3) is 5.91 Å². The molecular formula is C18H16N2O4. The summed E-state index contributed by atoms with van der Waals surface area (Å²) < 4.78 is 10.5. The minimum atomic E-state index is -0.673. The number of nitrogens with one attached hydrogen (secondary N) is 1. The van der Waals surface area contributed by atoms with Crippen molar-refractivity contribution in [2.24, 2.45) is 5.92 Å². The quantitative estimate of drug-likeness (QED) is 0.732. The standard InChI is InChI=1S/C18H16N2O4/c1-10-6-7-14-12(8-10)17(24-20-14)19-16(21)13-9-11-4-2-3-5-15(11)23-18(13)22/h2-5,9-10H,6-8H2,1H3,(H,19,21)/t10-/m1/s1. The lowest BCUT2D eigenvalue weighted by Gasteiger charge is -2.16. The van der Waals surface area contributed by atoms with Crippen LogP contribution in [0, 0.1) is 5.92 Å². The highest BCUT2D eigenvalue weighted by Crippen LogP contribution is 2.30. The number of fused-ring (bicyclic) bond motifs is 2. The lowest BCUT2D eigenvalue weighted by atomic mass is 9.89. The van der Waals surface area contributed by atoms with Gasteiger partial charge in [-0.05, 0) is 37.3 Å². The summed E-state index contributed by atoms with van der Waals surface area (Å²) in [6.07, 6.45) is 2.70. The molecule has 0 saturated heterocycles. The number of hydrogen-bond donors (Lipinski definition) is 1. The van der Waals surface area contributed by atoms with Gasteiger partial charge in [-0.25, -0.2) is 4.79 Å². The van der Waals surface area contributed by atoms with Crippen molar-refractivity contribution < 1.29 is 13.7 Å². The number of amides is 1. The normalized spacial score (nSPS) is 16.8. The van der Waals surface area contributed by atoms with E-state index in [0.717, 1.165) is 30.5 Å². The summed E-state index contributed by atoms with van der Waals surface area (Å²) in [7, 11) is 0. The lowest BCUT2D eigenvalue weighted by molar-refractivity contribution is 0.102. The van der Waals surface area contributed by atoms with Gasteiger partial charge in [0.05, 0.1) is 5.69 Å². The second kappa shape index (κ2) is 5.63. The molecule has 1 amide bonds.